The van der Waals surface area contributed by atoms with Crippen LogP contribution in [-0.2, 0) is 0 Å². The molecule has 0 saturated heterocycles. The van der Waals surface area contributed by atoms with Crippen molar-refractivity contribution in [2.24, 2.45) is 5.73 Å². The monoisotopic (exact) mass is 351 g/mol. The van der Waals surface area contributed by atoms with Gasteiger partial charge in [0.15, 0.2) is 0 Å². The molecule has 0 radical (unpaired) electrons. The molecule has 0 aliphatic heterocycles. The maximum absolute atomic E-state index is 8.50. The Morgan fingerprint density at radius 2 is 2.46 bits per heavy atom. The van der Waals surface area contributed by atoms with Crippen molar-refractivity contribution in [3.05, 3.63) is 26.0 Å². The van der Waals surface area contributed by atoms with Crippen LogP contribution >= 0.6 is 38.5 Å². The van der Waals surface area contributed by atoms with Gasteiger partial charge in [0.05, 0.1) is 16.1 Å². The molecule has 1 heterocycles. The molecule has 2 N–H and O–H groups in total. The lowest BCUT2D eigenvalue weighted by molar-refractivity contribution is 0.741. The first kappa shape index (κ1) is 10.9. The molecule has 68 valence electrons. The van der Waals surface area contributed by atoms with Crippen molar-refractivity contribution in [3.63, 3.8) is 0 Å². The summed E-state index contributed by atoms with van der Waals surface area (Å²) in [6.07, 6.45) is 2.01. The van der Waals surface area contributed by atoms with Gasteiger partial charge in [0, 0.05) is 12.2 Å². The highest BCUT2D eigenvalue weighted by Gasteiger charge is 2.11. The molecule has 0 aliphatic carbocycles. The van der Waals surface area contributed by atoms with Crippen molar-refractivity contribution in [1.82, 2.24) is 4.98 Å². The first-order valence-corrected chi connectivity index (χ1v) is 5.46. The van der Waals surface area contributed by atoms with E-state index in [1.54, 1.807) is 6.20 Å². The van der Waals surface area contributed by atoms with Gasteiger partial charge in [-0.05, 0) is 50.2 Å². The zero-order chi connectivity index (χ0) is 9.84. The molecule has 1 aromatic heterocycles. The van der Waals surface area contributed by atoms with E-state index in [4.69, 9.17) is 11.0 Å². The molecule has 0 aliphatic rings. The van der Waals surface area contributed by atoms with Gasteiger partial charge >= 0.3 is 0 Å². The van der Waals surface area contributed by atoms with Gasteiger partial charge in [-0.1, -0.05) is 0 Å². The summed E-state index contributed by atoms with van der Waals surface area (Å²) in [5, 5.41) is 8.50. The third-order valence-electron chi connectivity index (χ3n) is 1.59. The van der Waals surface area contributed by atoms with E-state index in [1.165, 1.54) is 0 Å². The van der Waals surface area contributed by atoms with Gasteiger partial charge in [0.2, 0.25) is 0 Å². The molecule has 0 bridgehead atoms. The van der Waals surface area contributed by atoms with Crippen LogP contribution in [0.1, 0.15) is 18.0 Å². The summed E-state index contributed by atoms with van der Waals surface area (Å²) in [5.74, 6) is 0. The Bertz CT molecular complexity index is 348. The molecule has 1 rings (SSSR count). The molecule has 0 saturated carbocycles. The van der Waals surface area contributed by atoms with Gasteiger partial charge in [0.25, 0.3) is 0 Å². The highest BCUT2D eigenvalue weighted by molar-refractivity contribution is 14.1. The number of aromatic nitrogens is 1. The predicted molar refractivity (Wildman–Crippen MR) is 61.8 cm³/mol. The Balaban J connectivity index is 3.02. The molecule has 13 heavy (non-hydrogen) atoms. The minimum atomic E-state index is -0.226. The number of nitrogens with zero attached hydrogens (tertiary/aromatic N) is 2. The second-order valence-electron chi connectivity index (χ2n) is 2.47. The first-order valence-electron chi connectivity index (χ1n) is 3.59. The van der Waals surface area contributed by atoms with Gasteiger partial charge in [0.1, 0.15) is 4.60 Å². The summed E-state index contributed by atoms with van der Waals surface area (Å²) in [7, 11) is 0. The van der Waals surface area contributed by atoms with Gasteiger partial charge in [-0.25, -0.2) is 4.98 Å². The predicted octanol–water partition coefficient (Wildman–Crippen LogP) is 2.36. The SMILES string of the molecule is N#CC[C@@H](N)c1ccnc(Br)c1I. The number of nitriles is 1. The molecule has 1 atom stereocenters. The lowest BCUT2D eigenvalue weighted by Gasteiger charge is -2.10. The number of hydrogen-bond acceptors (Lipinski definition) is 3. The Morgan fingerprint density at radius 1 is 1.77 bits per heavy atom. The van der Waals surface area contributed by atoms with E-state index in [1.807, 2.05) is 12.1 Å². The second kappa shape index (κ2) is 4.88. The summed E-state index contributed by atoms with van der Waals surface area (Å²) in [6.45, 7) is 0. The Morgan fingerprint density at radius 3 is 3.08 bits per heavy atom. The lowest BCUT2D eigenvalue weighted by atomic mass is 10.1. The molecule has 5 heteroatoms. The van der Waals surface area contributed by atoms with Crippen molar-refractivity contribution in [2.45, 2.75) is 12.5 Å². The second-order valence-corrected chi connectivity index (χ2v) is 4.30. The highest BCUT2D eigenvalue weighted by Crippen LogP contribution is 2.25. The van der Waals surface area contributed by atoms with Crippen LogP contribution in [0.2, 0.25) is 0 Å². The van der Waals surface area contributed by atoms with Crippen molar-refractivity contribution in [3.8, 4) is 6.07 Å². The van der Waals surface area contributed by atoms with E-state index in [-0.39, 0.29) is 6.04 Å². The molecule has 0 spiro atoms. The van der Waals surface area contributed by atoms with Crippen LogP contribution in [0.15, 0.2) is 16.9 Å². The van der Waals surface area contributed by atoms with Crippen LogP contribution < -0.4 is 5.73 Å². The fourth-order valence-corrected chi connectivity index (χ4v) is 1.99. The minimum Gasteiger partial charge on any atom is -0.323 e. The Hall–Kier alpha value is -0.190. The first-order chi connectivity index (χ1) is 6.16. The minimum absolute atomic E-state index is 0.226. The molecule has 0 amide bonds. The average Bonchev–Trinajstić information content (AvgIpc) is 2.10. The van der Waals surface area contributed by atoms with Crippen LogP contribution in [0.25, 0.3) is 0 Å². The van der Waals surface area contributed by atoms with E-state index >= 15 is 0 Å². The lowest BCUT2D eigenvalue weighted by Crippen LogP contribution is -2.11. The van der Waals surface area contributed by atoms with Gasteiger partial charge in [-0.15, -0.1) is 0 Å². The third-order valence-corrected chi connectivity index (χ3v) is 4.06. The zero-order valence-electron chi connectivity index (χ0n) is 6.67. The fourth-order valence-electron chi connectivity index (χ4n) is 0.927. The van der Waals surface area contributed by atoms with Crippen LogP contribution in [-0.4, -0.2) is 4.98 Å². The van der Waals surface area contributed by atoms with Crippen LogP contribution in [0, 0.1) is 14.9 Å². The van der Waals surface area contributed by atoms with Crippen LogP contribution in [0.4, 0.5) is 0 Å². The maximum atomic E-state index is 8.50. The van der Waals surface area contributed by atoms with Crippen LogP contribution in [0.5, 0.6) is 0 Å². The smallest absolute Gasteiger partial charge is 0.119 e. The third kappa shape index (κ3) is 2.62. The zero-order valence-corrected chi connectivity index (χ0v) is 10.4. The number of nitrogens with two attached hydrogens (primary N) is 1. The highest BCUT2D eigenvalue weighted by atomic mass is 127. The van der Waals surface area contributed by atoms with E-state index in [0.717, 1.165) is 13.7 Å². The van der Waals surface area contributed by atoms with Gasteiger partial charge in [-0.3, -0.25) is 0 Å². The molecule has 1 aromatic rings. The summed E-state index contributed by atoms with van der Waals surface area (Å²) in [6, 6.07) is 3.66. The van der Waals surface area contributed by atoms with E-state index in [2.05, 4.69) is 43.5 Å². The van der Waals surface area contributed by atoms with Crippen molar-refractivity contribution >= 4 is 38.5 Å². The molecular weight excluding hydrogens is 345 g/mol. The van der Waals surface area contributed by atoms with E-state index in [9.17, 15) is 0 Å². The van der Waals surface area contributed by atoms with Crippen LogP contribution in [0.3, 0.4) is 0 Å². The number of hydrogen-bond donors (Lipinski definition) is 1. The summed E-state index contributed by atoms with van der Waals surface area (Å²) in [4.78, 5) is 4.05. The molecule has 3 nitrogen and oxygen atoms in total. The average molecular weight is 352 g/mol. The number of pyridine rings is 1. The Labute approximate surface area is 98.6 Å². The summed E-state index contributed by atoms with van der Waals surface area (Å²) in [5.41, 5.74) is 6.76. The molecule has 0 fully saturated rings. The quantitative estimate of drug-likeness (QED) is 0.657. The largest absolute Gasteiger partial charge is 0.323 e. The standard InChI is InChI=1S/C8H7BrIN3/c9-8-7(10)5(2-4-13-8)6(12)1-3-11/h2,4,6H,1,12H2/t6-/m1/s1. The normalized spacial score (nSPS) is 12.2. The maximum Gasteiger partial charge on any atom is 0.119 e. The summed E-state index contributed by atoms with van der Waals surface area (Å²) < 4.78 is 1.75. The molecule has 0 aromatic carbocycles. The topological polar surface area (TPSA) is 62.7 Å². The van der Waals surface area contributed by atoms with Crippen molar-refractivity contribution < 1.29 is 0 Å². The van der Waals surface area contributed by atoms with E-state index < -0.39 is 0 Å². The van der Waals surface area contributed by atoms with Gasteiger partial charge in [-0.2, -0.15) is 5.26 Å². The van der Waals surface area contributed by atoms with Gasteiger partial charge < -0.3 is 5.73 Å². The molecular formula is C8H7BrIN3. The number of rotatable bonds is 2. The Kier molecular flexibility index (Phi) is 4.09. The molecule has 0 unspecified atom stereocenters. The van der Waals surface area contributed by atoms with Crippen molar-refractivity contribution in [2.75, 3.05) is 0 Å². The van der Waals surface area contributed by atoms with Crippen molar-refractivity contribution in [1.29, 1.82) is 5.26 Å². The number of halogens is 2. The summed E-state index contributed by atoms with van der Waals surface area (Å²) >= 11 is 5.47. The fraction of sp³-hybridized carbons (Fsp3) is 0.250. The van der Waals surface area contributed by atoms with E-state index in [0.29, 0.717) is 6.42 Å².